The zero-order valence-corrected chi connectivity index (χ0v) is 8.52. The molecule has 1 aliphatic heterocycles. The molecule has 0 saturated carbocycles. The van der Waals surface area contributed by atoms with Crippen LogP contribution in [-0.4, -0.2) is 36.1 Å². The van der Waals surface area contributed by atoms with Crippen molar-refractivity contribution in [3.63, 3.8) is 0 Å². The Kier molecular flexibility index (Phi) is 3.11. The molecule has 1 fully saturated rings. The standard InChI is InChI=1S/C11H16N2O/c1-2-13-7-8-14-11(9-13)10-3-5-12-6-4-10/h3-6,11H,2,7-9H2,1H3/t11-/m0/s1. The van der Waals surface area contributed by atoms with E-state index in [2.05, 4.69) is 16.8 Å². The van der Waals surface area contributed by atoms with E-state index in [1.165, 1.54) is 5.56 Å². The molecule has 0 aliphatic carbocycles. The third-order valence-corrected chi connectivity index (χ3v) is 2.68. The summed E-state index contributed by atoms with van der Waals surface area (Å²) in [6.07, 6.45) is 3.87. The van der Waals surface area contributed by atoms with Crippen LogP contribution in [0, 0.1) is 0 Å². The Morgan fingerprint density at radius 3 is 3.00 bits per heavy atom. The van der Waals surface area contributed by atoms with E-state index < -0.39 is 0 Å². The van der Waals surface area contributed by atoms with E-state index in [1.54, 1.807) is 0 Å². The molecule has 0 spiro atoms. The molecule has 1 aliphatic rings. The van der Waals surface area contributed by atoms with Gasteiger partial charge in [-0.25, -0.2) is 0 Å². The van der Waals surface area contributed by atoms with Gasteiger partial charge in [0.1, 0.15) is 0 Å². The van der Waals surface area contributed by atoms with E-state index in [-0.39, 0.29) is 6.10 Å². The molecule has 2 rings (SSSR count). The first-order valence-corrected chi connectivity index (χ1v) is 5.14. The Morgan fingerprint density at radius 1 is 1.50 bits per heavy atom. The smallest absolute Gasteiger partial charge is 0.0953 e. The summed E-state index contributed by atoms with van der Waals surface area (Å²) in [5.74, 6) is 0. The number of hydrogen-bond acceptors (Lipinski definition) is 3. The quantitative estimate of drug-likeness (QED) is 0.709. The van der Waals surface area contributed by atoms with Gasteiger partial charge in [0.25, 0.3) is 0 Å². The molecule has 0 radical (unpaired) electrons. The summed E-state index contributed by atoms with van der Waals surface area (Å²) in [7, 11) is 0. The molecule has 1 aromatic heterocycles. The Balaban J connectivity index is 2.04. The number of nitrogens with zero attached hydrogens (tertiary/aromatic N) is 2. The van der Waals surface area contributed by atoms with Crippen LogP contribution in [-0.2, 0) is 4.74 Å². The Hall–Kier alpha value is -0.930. The lowest BCUT2D eigenvalue weighted by Gasteiger charge is -2.32. The maximum atomic E-state index is 5.73. The zero-order chi connectivity index (χ0) is 9.80. The van der Waals surface area contributed by atoms with Crippen molar-refractivity contribution in [3.8, 4) is 0 Å². The molecule has 3 heteroatoms. The number of likely N-dealkylation sites (N-methyl/N-ethyl adjacent to an activating group) is 1. The summed E-state index contributed by atoms with van der Waals surface area (Å²) in [5, 5.41) is 0. The number of pyridine rings is 1. The van der Waals surface area contributed by atoms with Crippen LogP contribution in [0.5, 0.6) is 0 Å². The molecule has 2 heterocycles. The number of rotatable bonds is 2. The number of morpholine rings is 1. The van der Waals surface area contributed by atoms with Crippen LogP contribution in [0.2, 0.25) is 0 Å². The van der Waals surface area contributed by atoms with Gasteiger partial charge in [0, 0.05) is 25.5 Å². The molecule has 14 heavy (non-hydrogen) atoms. The molecular weight excluding hydrogens is 176 g/mol. The largest absolute Gasteiger partial charge is 0.371 e. The van der Waals surface area contributed by atoms with Crippen molar-refractivity contribution < 1.29 is 4.74 Å². The average molecular weight is 192 g/mol. The Bertz CT molecular complexity index is 276. The van der Waals surface area contributed by atoms with E-state index in [9.17, 15) is 0 Å². The average Bonchev–Trinajstić information content (AvgIpc) is 2.30. The number of aromatic nitrogens is 1. The highest BCUT2D eigenvalue weighted by Gasteiger charge is 2.20. The lowest BCUT2D eigenvalue weighted by Crippen LogP contribution is -2.38. The maximum absolute atomic E-state index is 5.73. The van der Waals surface area contributed by atoms with Gasteiger partial charge in [0.05, 0.1) is 12.7 Å². The van der Waals surface area contributed by atoms with Gasteiger partial charge in [-0.1, -0.05) is 6.92 Å². The summed E-state index contributed by atoms with van der Waals surface area (Å²) in [6.45, 7) is 6.18. The predicted octanol–water partition coefficient (Wildman–Crippen LogP) is 1.47. The van der Waals surface area contributed by atoms with Crippen LogP contribution in [0.3, 0.4) is 0 Å². The number of ether oxygens (including phenoxy) is 1. The van der Waals surface area contributed by atoms with E-state index in [0.29, 0.717) is 0 Å². The highest BCUT2D eigenvalue weighted by atomic mass is 16.5. The Morgan fingerprint density at radius 2 is 2.29 bits per heavy atom. The first kappa shape index (κ1) is 9.62. The lowest BCUT2D eigenvalue weighted by molar-refractivity contribution is -0.0282. The molecule has 0 amide bonds. The van der Waals surface area contributed by atoms with Gasteiger partial charge in [-0.2, -0.15) is 0 Å². The fourth-order valence-corrected chi connectivity index (χ4v) is 1.77. The van der Waals surface area contributed by atoms with Gasteiger partial charge in [0.15, 0.2) is 0 Å². The molecule has 1 atom stereocenters. The van der Waals surface area contributed by atoms with E-state index in [4.69, 9.17) is 4.74 Å². The van der Waals surface area contributed by atoms with Gasteiger partial charge in [-0.05, 0) is 24.2 Å². The highest BCUT2D eigenvalue weighted by Crippen LogP contribution is 2.20. The van der Waals surface area contributed by atoms with Crippen LogP contribution >= 0.6 is 0 Å². The lowest BCUT2D eigenvalue weighted by atomic mass is 10.1. The minimum Gasteiger partial charge on any atom is -0.371 e. The summed E-state index contributed by atoms with van der Waals surface area (Å²) in [4.78, 5) is 6.42. The summed E-state index contributed by atoms with van der Waals surface area (Å²) >= 11 is 0. The van der Waals surface area contributed by atoms with Gasteiger partial charge in [0.2, 0.25) is 0 Å². The van der Waals surface area contributed by atoms with Gasteiger partial charge in [-0.15, -0.1) is 0 Å². The SMILES string of the molecule is CCN1CCO[C@H](c2ccncc2)C1. The van der Waals surface area contributed by atoms with Crippen LogP contribution in [0.25, 0.3) is 0 Å². The first-order valence-electron chi connectivity index (χ1n) is 5.14. The van der Waals surface area contributed by atoms with Crippen molar-refractivity contribution in [2.24, 2.45) is 0 Å². The molecule has 3 nitrogen and oxygen atoms in total. The minimum atomic E-state index is 0.228. The van der Waals surface area contributed by atoms with Crippen LogP contribution in [0.4, 0.5) is 0 Å². The topological polar surface area (TPSA) is 25.4 Å². The fraction of sp³-hybridized carbons (Fsp3) is 0.545. The molecule has 1 saturated heterocycles. The molecule has 0 bridgehead atoms. The molecule has 0 aromatic carbocycles. The van der Waals surface area contributed by atoms with E-state index in [1.807, 2.05) is 24.5 Å². The third kappa shape index (κ3) is 2.11. The minimum absolute atomic E-state index is 0.228. The second-order valence-corrected chi connectivity index (χ2v) is 3.53. The van der Waals surface area contributed by atoms with E-state index >= 15 is 0 Å². The van der Waals surface area contributed by atoms with Gasteiger partial charge in [-0.3, -0.25) is 9.88 Å². The van der Waals surface area contributed by atoms with Crippen molar-refractivity contribution in [1.82, 2.24) is 9.88 Å². The van der Waals surface area contributed by atoms with Crippen molar-refractivity contribution in [2.75, 3.05) is 26.2 Å². The molecule has 1 aromatic rings. The molecule has 0 unspecified atom stereocenters. The summed E-state index contributed by atoms with van der Waals surface area (Å²) in [6, 6.07) is 4.06. The van der Waals surface area contributed by atoms with Gasteiger partial charge >= 0.3 is 0 Å². The normalized spacial score (nSPS) is 23.6. The predicted molar refractivity (Wildman–Crippen MR) is 55.0 cm³/mol. The second-order valence-electron chi connectivity index (χ2n) is 3.53. The van der Waals surface area contributed by atoms with Gasteiger partial charge < -0.3 is 4.74 Å². The fourth-order valence-electron chi connectivity index (χ4n) is 1.77. The van der Waals surface area contributed by atoms with Crippen molar-refractivity contribution in [3.05, 3.63) is 30.1 Å². The molecule has 0 N–H and O–H groups in total. The third-order valence-electron chi connectivity index (χ3n) is 2.68. The Labute approximate surface area is 84.7 Å². The van der Waals surface area contributed by atoms with Crippen LogP contribution < -0.4 is 0 Å². The van der Waals surface area contributed by atoms with Crippen LogP contribution in [0.15, 0.2) is 24.5 Å². The maximum Gasteiger partial charge on any atom is 0.0953 e. The summed E-state index contributed by atoms with van der Waals surface area (Å²) < 4.78 is 5.73. The highest BCUT2D eigenvalue weighted by molar-refractivity contribution is 5.14. The van der Waals surface area contributed by atoms with Crippen LogP contribution in [0.1, 0.15) is 18.6 Å². The van der Waals surface area contributed by atoms with Crippen molar-refractivity contribution in [1.29, 1.82) is 0 Å². The second kappa shape index (κ2) is 4.53. The number of hydrogen-bond donors (Lipinski definition) is 0. The molecular formula is C11H16N2O. The molecule has 76 valence electrons. The van der Waals surface area contributed by atoms with Crippen molar-refractivity contribution >= 4 is 0 Å². The van der Waals surface area contributed by atoms with Crippen molar-refractivity contribution in [2.45, 2.75) is 13.0 Å². The van der Waals surface area contributed by atoms with E-state index in [0.717, 1.165) is 26.2 Å². The summed E-state index contributed by atoms with van der Waals surface area (Å²) in [5.41, 5.74) is 1.23. The zero-order valence-electron chi connectivity index (χ0n) is 8.52. The monoisotopic (exact) mass is 192 g/mol. The first-order chi connectivity index (χ1) is 6.90.